The lowest BCUT2D eigenvalue weighted by molar-refractivity contribution is -0.139. The first-order valence-electron chi connectivity index (χ1n) is 15.8. The summed E-state index contributed by atoms with van der Waals surface area (Å²) >= 11 is 6.34. The van der Waals surface area contributed by atoms with Gasteiger partial charge in [0.15, 0.2) is 5.60 Å². The zero-order valence-corrected chi connectivity index (χ0v) is 26.5. The van der Waals surface area contributed by atoms with Crippen LogP contribution >= 0.6 is 11.6 Å². The van der Waals surface area contributed by atoms with Gasteiger partial charge in [-0.1, -0.05) is 67.1 Å². The fourth-order valence-electron chi connectivity index (χ4n) is 6.76. The number of aliphatic hydroxyl groups excluding tert-OH is 1. The fourth-order valence-corrected chi connectivity index (χ4v) is 6.93. The maximum atomic E-state index is 14.0. The molecule has 3 aliphatic heterocycles. The second-order valence-corrected chi connectivity index (χ2v) is 12.8. The summed E-state index contributed by atoms with van der Waals surface area (Å²) in [6.07, 6.45) is 5.84. The van der Waals surface area contributed by atoms with E-state index in [1.54, 1.807) is 47.1 Å². The van der Waals surface area contributed by atoms with Gasteiger partial charge in [0.05, 0.1) is 30.9 Å². The highest BCUT2D eigenvalue weighted by Crippen LogP contribution is 2.46. The summed E-state index contributed by atoms with van der Waals surface area (Å²) in [6, 6.07) is 19.8. The van der Waals surface area contributed by atoms with E-state index in [2.05, 4.69) is 10.6 Å². The first-order chi connectivity index (χ1) is 22.2. The van der Waals surface area contributed by atoms with E-state index >= 15 is 0 Å². The quantitative estimate of drug-likeness (QED) is 0.258. The minimum absolute atomic E-state index is 0.0611. The Morgan fingerprint density at radius 2 is 1.89 bits per heavy atom. The third kappa shape index (κ3) is 6.20. The Bertz CT molecular complexity index is 1650. The Morgan fingerprint density at radius 3 is 2.61 bits per heavy atom. The van der Waals surface area contributed by atoms with E-state index in [-0.39, 0.29) is 43.5 Å². The van der Waals surface area contributed by atoms with E-state index < -0.39 is 17.4 Å². The van der Waals surface area contributed by atoms with Crippen LogP contribution in [0.5, 0.6) is 0 Å². The van der Waals surface area contributed by atoms with Gasteiger partial charge in [-0.3, -0.25) is 14.4 Å². The predicted molar refractivity (Wildman–Crippen MR) is 177 cm³/mol. The number of rotatable bonds is 9. The molecule has 4 N–H and O–H groups in total. The predicted octanol–water partition coefficient (Wildman–Crippen LogP) is 4.29. The molecule has 0 radical (unpaired) electrons. The van der Waals surface area contributed by atoms with Gasteiger partial charge in [0.2, 0.25) is 11.8 Å². The first kappa shape index (κ1) is 31.9. The van der Waals surface area contributed by atoms with Gasteiger partial charge in [-0.15, -0.1) is 0 Å². The van der Waals surface area contributed by atoms with Crippen molar-refractivity contribution in [3.8, 4) is 0 Å². The lowest BCUT2D eigenvalue weighted by atomic mass is 9.83. The van der Waals surface area contributed by atoms with Gasteiger partial charge in [0.1, 0.15) is 0 Å². The van der Waals surface area contributed by atoms with Crippen LogP contribution < -0.4 is 15.5 Å². The van der Waals surface area contributed by atoms with Crippen LogP contribution in [0.25, 0.3) is 0 Å². The molecule has 3 heterocycles. The fraction of sp³-hybridized carbons (Fsp3) is 0.361. The number of benzene rings is 3. The number of fused-ring (bicyclic) bond motifs is 2. The van der Waals surface area contributed by atoms with E-state index in [1.165, 1.54) is 0 Å². The van der Waals surface area contributed by atoms with Crippen LogP contribution in [0.2, 0.25) is 5.02 Å². The minimum Gasteiger partial charge on any atom is -0.394 e. The number of hydrogen-bond acceptors (Lipinski definition) is 6. The number of aliphatic hydroxyl groups is 2. The Hall–Kier alpha value is -4.02. The Morgan fingerprint density at radius 1 is 1.13 bits per heavy atom. The van der Waals surface area contributed by atoms with Crippen molar-refractivity contribution in [2.24, 2.45) is 5.92 Å². The van der Waals surface area contributed by atoms with E-state index in [9.17, 15) is 24.6 Å². The van der Waals surface area contributed by atoms with Crippen LogP contribution in [0.4, 0.5) is 11.4 Å². The van der Waals surface area contributed by atoms with Crippen LogP contribution in [0.1, 0.15) is 48.4 Å². The molecule has 0 unspecified atom stereocenters. The molecule has 3 aromatic rings. The summed E-state index contributed by atoms with van der Waals surface area (Å²) in [5, 5.41) is 28.5. The van der Waals surface area contributed by atoms with Gasteiger partial charge in [-0.25, -0.2) is 0 Å². The molecule has 3 amide bonds. The Kier molecular flexibility index (Phi) is 9.29. The number of anilines is 2. The van der Waals surface area contributed by atoms with Gasteiger partial charge in [0, 0.05) is 35.2 Å². The average Bonchev–Trinajstić information content (AvgIpc) is 3.68. The molecule has 0 aromatic heterocycles. The third-order valence-corrected chi connectivity index (χ3v) is 9.67. The number of carbonyl (C=O) groups excluding carboxylic acids is 3. The van der Waals surface area contributed by atoms with Crippen LogP contribution in [0, 0.1) is 5.92 Å². The lowest BCUT2D eigenvalue weighted by Crippen LogP contribution is -2.46. The SMILES string of the molecule is C[C@@H](/C=C/CC(=O)N1Cc2ccccc2C[C@H]1CO)[C@]1(O)C(=O)N(Cc2ccc(NC(=O)[C@H]3CCCN3)cc2)c2ccc(Cl)cc21. The normalized spacial score (nSPS) is 23.0. The van der Waals surface area contributed by atoms with Crippen molar-refractivity contribution in [2.45, 2.75) is 63.4 Å². The van der Waals surface area contributed by atoms with E-state index in [1.807, 2.05) is 48.5 Å². The van der Waals surface area contributed by atoms with Crippen LogP contribution in [-0.4, -0.2) is 58.1 Å². The molecule has 3 aliphatic rings. The van der Waals surface area contributed by atoms with E-state index in [4.69, 9.17) is 11.6 Å². The number of hydrogen-bond donors (Lipinski definition) is 4. The van der Waals surface area contributed by atoms with Crippen LogP contribution in [-0.2, 0) is 39.5 Å². The number of halogens is 1. The molecule has 46 heavy (non-hydrogen) atoms. The largest absolute Gasteiger partial charge is 0.394 e. The van der Waals surface area contributed by atoms with Crippen molar-refractivity contribution >= 4 is 40.7 Å². The van der Waals surface area contributed by atoms with Crippen molar-refractivity contribution in [3.63, 3.8) is 0 Å². The summed E-state index contributed by atoms with van der Waals surface area (Å²) in [6.45, 7) is 3.10. The molecule has 6 rings (SSSR count). The van der Waals surface area contributed by atoms with Crippen molar-refractivity contribution in [2.75, 3.05) is 23.4 Å². The Labute approximate surface area is 273 Å². The van der Waals surface area contributed by atoms with Gasteiger partial charge in [-0.05, 0) is 72.8 Å². The summed E-state index contributed by atoms with van der Waals surface area (Å²) in [5.41, 5.74) is 2.79. The molecule has 1 fully saturated rings. The molecule has 9 nitrogen and oxygen atoms in total. The molecule has 0 spiro atoms. The van der Waals surface area contributed by atoms with Crippen molar-refractivity contribution in [3.05, 3.63) is 106 Å². The number of amides is 3. The van der Waals surface area contributed by atoms with E-state index in [0.29, 0.717) is 34.9 Å². The van der Waals surface area contributed by atoms with Crippen molar-refractivity contribution in [1.29, 1.82) is 0 Å². The number of carbonyl (C=O) groups is 3. The van der Waals surface area contributed by atoms with Crippen LogP contribution in [0.15, 0.2) is 78.9 Å². The van der Waals surface area contributed by atoms with E-state index in [0.717, 1.165) is 36.1 Å². The van der Waals surface area contributed by atoms with Gasteiger partial charge >= 0.3 is 0 Å². The zero-order chi connectivity index (χ0) is 32.4. The third-order valence-electron chi connectivity index (χ3n) is 9.43. The highest BCUT2D eigenvalue weighted by atomic mass is 35.5. The Balaban J connectivity index is 1.15. The standard InChI is InChI=1S/C36H39ClN4O5/c1-23(6-4-10-33(43)40-21-26-8-3-2-7-25(26)18-29(40)22-42)36(46)30-19-27(37)13-16-32(30)41(35(36)45)20-24-11-14-28(15-12-24)39-34(44)31-9-5-17-38-31/h2-4,6-8,11-16,19,23,29,31,38,42,46H,5,9-10,17-18,20-22H2,1H3,(H,39,44)/b6-4+/t23-,29-,31+,36+/m0/s1. The molecule has 3 aromatic carbocycles. The highest BCUT2D eigenvalue weighted by Gasteiger charge is 2.52. The molecule has 1 saturated heterocycles. The number of nitrogens with zero attached hydrogens (tertiary/aromatic N) is 2. The molecule has 10 heteroatoms. The van der Waals surface area contributed by atoms with Gasteiger partial charge in [0.25, 0.3) is 5.91 Å². The monoisotopic (exact) mass is 642 g/mol. The first-order valence-corrected chi connectivity index (χ1v) is 16.2. The summed E-state index contributed by atoms with van der Waals surface area (Å²) in [4.78, 5) is 43.0. The second kappa shape index (κ2) is 13.4. The van der Waals surface area contributed by atoms with Gasteiger partial charge in [-0.2, -0.15) is 0 Å². The molecular weight excluding hydrogens is 604 g/mol. The lowest BCUT2D eigenvalue weighted by Gasteiger charge is -2.36. The molecule has 0 bridgehead atoms. The summed E-state index contributed by atoms with van der Waals surface area (Å²) < 4.78 is 0. The maximum absolute atomic E-state index is 14.0. The van der Waals surface area contributed by atoms with Crippen molar-refractivity contribution in [1.82, 2.24) is 10.2 Å². The molecule has 0 saturated carbocycles. The molecule has 0 aliphatic carbocycles. The zero-order valence-electron chi connectivity index (χ0n) is 25.8. The molecular formula is C36H39ClN4O5. The molecule has 4 atom stereocenters. The topological polar surface area (TPSA) is 122 Å². The smallest absolute Gasteiger partial charge is 0.264 e. The summed E-state index contributed by atoms with van der Waals surface area (Å²) in [5.74, 6) is -1.35. The minimum atomic E-state index is -1.89. The van der Waals surface area contributed by atoms with Crippen LogP contribution in [0.3, 0.4) is 0 Å². The highest BCUT2D eigenvalue weighted by molar-refractivity contribution is 6.31. The van der Waals surface area contributed by atoms with Gasteiger partial charge < -0.3 is 30.6 Å². The average molecular weight is 643 g/mol. The maximum Gasteiger partial charge on any atom is 0.264 e. The molecule has 240 valence electrons. The van der Waals surface area contributed by atoms with Crippen molar-refractivity contribution < 1.29 is 24.6 Å². The second-order valence-electron chi connectivity index (χ2n) is 12.4. The summed E-state index contributed by atoms with van der Waals surface area (Å²) in [7, 11) is 0. The number of nitrogens with one attached hydrogen (secondary N) is 2.